The minimum absolute atomic E-state index is 0.173. The summed E-state index contributed by atoms with van der Waals surface area (Å²) in [5.41, 5.74) is 0.0472. The lowest BCUT2D eigenvalue weighted by atomic mass is 10.2. The maximum atomic E-state index is 12.0. The topological polar surface area (TPSA) is 142 Å². The molecule has 3 N–H and O–H groups in total. The van der Waals surface area contributed by atoms with E-state index in [4.69, 9.17) is 4.42 Å². The van der Waals surface area contributed by atoms with Crippen molar-refractivity contribution >= 4 is 23.3 Å². The molecule has 1 aromatic carbocycles. The number of nitro benzene ring substituents is 1. The van der Waals surface area contributed by atoms with Crippen molar-refractivity contribution in [1.82, 2.24) is 0 Å². The predicted molar refractivity (Wildman–Crippen MR) is 79.5 cm³/mol. The van der Waals surface area contributed by atoms with E-state index in [1.165, 1.54) is 35.8 Å². The number of carboxylic acids is 1. The molecule has 0 aliphatic carbocycles. The Morgan fingerprint density at radius 1 is 1.29 bits per heavy atom. The molecule has 0 saturated heterocycles. The Morgan fingerprint density at radius 3 is 2.71 bits per heavy atom. The fourth-order valence-electron chi connectivity index (χ4n) is 2.06. The predicted octanol–water partition coefficient (Wildman–Crippen LogP) is -0.601. The quantitative estimate of drug-likeness (QED) is 0.488. The number of benzene rings is 1. The maximum Gasteiger partial charge on any atom is 0.271 e. The Balaban J connectivity index is 1.93. The summed E-state index contributed by atoms with van der Waals surface area (Å²) in [6.45, 7) is 0.246. The average Bonchev–Trinajstić information content (AvgIpc) is 3.04. The zero-order chi connectivity index (χ0) is 17.5. The van der Waals surface area contributed by atoms with Gasteiger partial charge >= 0.3 is 0 Å². The summed E-state index contributed by atoms with van der Waals surface area (Å²) in [7, 11) is 0. The average molecular weight is 333 g/mol. The monoisotopic (exact) mass is 333 g/mol. The minimum Gasteiger partial charge on any atom is -0.544 e. The lowest BCUT2D eigenvalue weighted by Gasteiger charge is -2.15. The van der Waals surface area contributed by atoms with Crippen LogP contribution in [0.2, 0.25) is 0 Å². The molecule has 9 nitrogen and oxygen atoms in total. The molecule has 9 heteroatoms. The number of anilines is 1. The first-order valence-corrected chi connectivity index (χ1v) is 7.06. The van der Waals surface area contributed by atoms with Crippen molar-refractivity contribution in [3.8, 4) is 0 Å². The zero-order valence-corrected chi connectivity index (χ0v) is 12.5. The summed E-state index contributed by atoms with van der Waals surface area (Å²) in [4.78, 5) is 33.2. The highest BCUT2D eigenvalue weighted by Crippen LogP contribution is 2.17. The highest BCUT2D eigenvalue weighted by Gasteiger charge is 2.19. The number of hydrogen-bond acceptors (Lipinski definition) is 6. The van der Waals surface area contributed by atoms with Crippen molar-refractivity contribution in [3.63, 3.8) is 0 Å². The first-order valence-electron chi connectivity index (χ1n) is 7.06. The third-order valence-electron chi connectivity index (χ3n) is 3.23. The second-order valence-electron chi connectivity index (χ2n) is 5.00. The number of nitrogens with one attached hydrogen (secondary N) is 1. The number of nitro groups is 1. The molecular formula is C15H15N3O6. The summed E-state index contributed by atoms with van der Waals surface area (Å²) in [5.74, 6) is -1.39. The molecular weight excluding hydrogens is 318 g/mol. The van der Waals surface area contributed by atoms with Crippen LogP contribution in [0.15, 0.2) is 47.1 Å². The lowest BCUT2D eigenvalue weighted by molar-refractivity contribution is -0.698. The van der Waals surface area contributed by atoms with Gasteiger partial charge in [0.1, 0.15) is 12.6 Å². The van der Waals surface area contributed by atoms with Crippen LogP contribution in [0, 0.1) is 10.1 Å². The summed E-state index contributed by atoms with van der Waals surface area (Å²) in [6, 6.07) is 7.64. The summed E-state index contributed by atoms with van der Waals surface area (Å²) >= 11 is 0. The molecule has 0 spiro atoms. The van der Waals surface area contributed by atoms with Gasteiger partial charge in [-0.05, 0) is 18.2 Å². The van der Waals surface area contributed by atoms with Crippen LogP contribution in [0.25, 0.3) is 0 Å². The number of rotatable bonds is 8. The molecule has 0 aliphatic rings. The number of furan rings is 1. The molecule has 0 fully saturated rings. The van der Waals surface area contributed by atoms with Gasteiger partial charge in [0.2, 0.25) is 5.91 Å². The van der Waals surface area contributed by atoms with E-state index in [-0.39, 0.29) is 24.3 Å². The first kappa shape index (κ1) is 17.2. The van der Waals surface area contributed by atoms with Gasteiger partial charge in [-0.15, -0.1) is 0 Å². The lowest BCUT2D eigenvalue weighted by Crippen LogP contribution is -2.92. The molecule has 1 atom stereocenters. The maximum absolute atomic E-state index is 12.0. The second-order valence-corrected chi connectivity index (χ2v) is 5.00. The number of nitrogens with two attached hydrogens (primary N) is 1. The van der Waals surface area contributed by atoms with Gasteiger partial charge in [-0.1, -0.05) is 6.07 Å². The highest BCUT2D eigenvalue weighted by atomic mass is 16.6. The Kier molecular flexibility index (Phi) is 5.63. The highest BCUT2D eigenvalue weighted by molar-refractivity contribution is 5.93. The van der Waals surface area contributed by atoms with Gasteiger partial charge < -0.3 is 25.0 Å². The van der Waals surface area contributed by atoms with Gasteiger partial charge in [0.15, 0.2) is 5.76 Å². The summed E-state index contributed by atoms with van der Waals surface area (Å²) in [5, 5.41) is 25.7. The van der Waals surface area contributed by atoms with Crippen LogP contribution in [0.4, 0.5) is 11.4 Å². The Bertz CT molecular complexity index is 729. The Labute approximate surface area is 136 Å². The van der Waals surface area contributed by atoms with Crippen LogP contribution in [-0.2, 0) is 16.1 Å². The van der Waals surface area contributed by atoms with Crippen molar-refractivity contribution in [2.75, 3.05) is 5.32 Å². The Hall–Kier alpha value is -3.20. The van der Waals surface area contributed by atoms with E-state index >= 15 is 0 Å². The van der Waals surface area contributed by atoms with E-state index in [0.717, 1.165) is 0 Å². The number of hydrogen-bond donors (Lipinski definition) is 2. The van der Waals surface area contributed by atoms with E-state index < -0.39 is 22.8 Å². The SMILES string of the molecule is O=C(C[C@@H]([NH2+]Cc1ccco1)C(=O)[O-])Nc1cccc([N+](=O)[O-])c1. The van der Waals surface area contributed by atoms with E-state index in [2.05, 4.69) is 5.32 Å². The van der Waals surface area contributed by atoms with Crippen LogP contribution in [0.3, 0.4) is 0 Å². The number of carbonyl (C=O) groups excluding carboxylic acids is 2. The number of non-ortho nitro benzene ring substituents is 1. The normalized spacial score (nSPS) is 11.7. The minimum atomic E-state index is -1.38. The molecule has 1 heterocycles. The van der Waals surface area contributed by atoms with E-state index in [1.54, 1.807) is 12.1 Å². The third-order valence-corrected chi connectivity index (χ3v) is 3.23. The van der Waals surface area contributed by atoms with Crippen LogP contribution in [0.5, 0.6) is 0 Å². The summed E-state index contributed by atoms with van der Waals surface area (Å²) in [6.07, 6.45) is 1.12. The number of nitrogens with zero attached hydrogens (tertiary/aromatic N) is 1. The molecule has 2 aromatic rings. The van der Waals surface area contributed by atoms with Gasteiger partial charge in [-0.25, -0.2) is 0 Å². The number of amides is 1. The molecule has 24 heavy (non-hydrogen) atoms. The van der Waals surface area contributed by atoms with Crippen LogP contribution in [0.1, 0.15) is 12.2 Å². The number of quaternary nitrogens is 1. The largest absolute Gasteiger partial charge is 0.544 e. The van der Waals surface area contributed by atoms with Gasteiger partial charge in [-0.3, -0.25) is 14.9 Å². The zero-order valence-electron chi connectivity index (χ0n) is 12.5. The molecule has 0 unspecified atom stereocenters. The number of carbonyl (C=O) groups is 2. The van der Waals surface area contributed by atoms with Crippen LogP contribution < -0.4 is 15.7 Å². The molecule has 1 aromatic heterocycles. The Morgan fingerprint density at radius 2 is 2.08 bits per heavy atom. The van der Waals surface area contributed by atoms with Crippen LogP contribution >= 0.6 is 0 Å². The van der Waals surface area contributed by atoms with E-state index in [9.17, 15) is 24.8 Å². The molecule has 126 valence electrons. The van der Waals surface area contributed by atoms with E-state index in [1.807, 2.05) is 0 Å². The molecule has 1 amide bonds. The van der Waals surface area contributed by atoms with Crippen molar-refractivity contribution in [2.24, 2.45) is 0 Å². The fraction of sp³-hybridized carbons (Fsp3) is 0.200. The number of carboxylic acid groups (broad SMARTS) is 1. The van der Waals surface area contributed by atoms with Crippen molar-refractivity contribution in [2.45, 2.75) is 19.0 Å². The molecule has 2 rings (SSSR count). The number of aliphatic carboxylic acids is 1. The molecule has 0 aliphatic heterocycles. The van der Waals surface area contributed by atoms with Gasteiger partial charge in [0, 0.05) is 17.8 Å². The molecule has 0 bridgehead atoms. The van der Waals surface area contributed by atoms with Gasteiger partial charge in [-0.2, -0.15) is 0 Å². The van der Waals surface area contributed by atoms with Crippen LogP contribution in [-0.4, -0.2) is 22.8 Å². The van der Waals surface area contributed by atoms with E-state index in [0.29, 0.717) is 5.76 Å². The summed E-state index contributed by atoms with van der Waals surface area (Å²) < 4.78 is 5.09. The van der Waals surface area contributed by atoms with Crippen molar-refractivity contribution < 1.29 is 29.4 Å². The van der Waals surface area contributed by atoms with Crippen molar-refractivity contribution in [1.29, 1.82) is 0 Å². The fourth-order valence-corrected chi connectivity index (χ4v) is 2.06. The van der Waals surface area contributed by atoms with Gasteiger partial charge in [0.05, 0.1) is 23.6 Å². The third kappa shape index (κ3) is 4.92. The standard InChI is InChI=1S/C15H15N3O6/c19-14(17-10-3-1-4-11(7-10)18(22)23)8-13(15(20)21)16-9-12-5-2-6-24-12/h1-7,13,16H,8-9H2,(H,17,19)(H,20,21)/t13-/m1/s1. The van der Waals surface area contributed by atoms with Crippen molar-refractivity contribution in [3.05, 3.63) is 58.5 Å². The molecule has 0 saturated carbocycles. The van der Waals surface area contributed by atoms with Gasteiger partial charge in [0.25, 0.3) is 5.69 Å². The smallest absolute Gasteiger partial charge is 0.271 e. The first-order chi connectivity index (χ1) is 11.5. The molecule has 0 radical (unpaired) electrons. The second kappa shape index (κ2) is 7.88.